The van der Waals surface area contributed by atoms with E-state index in [-0.39, 0.29) is 37.2 Å². The molecular formula is C13H11Cl3Sn. The van der Waals surface area contributed by atoms with Crippen LogP contribution in [0, 0.1) is 0 Å². The molecule has 0 fully saturated rings. The van der Waals surface area contributed by atoms with Gasteiger partial charge >= 0.3 is 98.2 Å². The van der Waals surface area contributed by atoms with Gasteiger partial charge in [0.1, 0.15) is 0 Å². The van der Waals surface area contributed by atoms with Gasteiger partial charge in [0.2, 0.25) is 0 Å². The molecule has 0 nitrogen and oxygen atoms in total. The van der Waals surface area contributed by atoms with Crippen molar-refractivity contribution < 1.29 is 37.2 Å². The summed E-state index contributed by atoms with van der Waals surface area (Å²) in [4.78, 5) is 0. The van der Waals surface area contributed by atoms with Crippen LogP contribution in [0.2, 0.25) is 0 Å². The summed E-state index contributed by atoms with van der Waals surface area (Å²) in [6.45, 7) is 0. The molecule has 0 aliphatic carbocycles. The van der Waals surface area contributed by atoms with Crippen LogP contribution in [-0.4, -0.2) is 22.5 Å². The molecule has 0 aliphatic rings. The van der Waals surface area contributed by atoms with Gasteiger partial charge < -0.3 is 37.2 Å². The molecule has 2 aromatic rings. The molecule has 0 radical (unpaired) electrons. The van der Waals surface area contributed by atoms with Gasteiger partial charge in [0.15, 0.2) is 0 Å². The van der Waals surface area contributed by atoms with Crippen molar-refractivity contribution in [3.8, 4) is 0 Å². The van der Waals surface area contributed by atoms with Crippen molar-refractivity contribution in [2.24, 2.45) is 0 Å². The molecule has 0 unspecified atom stereocenters. The Morgan fingerprint density at radius 3 is 1.18 bits per heavy atom. The predicted molar refractivity (Wildman–Crippen MR) is 60.5 cm³/mol. The number of hydrogen-bond acceptors (Lipinski definition) is 0. The van der Waals surface area contributed by atoms with Crippen molar-refractivity contribution in [3.05, 3.63) is 71.8 Å². The van der Waals surface area contributed by atoms with E-state index in [1.807, 2.05) is 0 Å². The van der Waals surface area contributed by atoms with Gasteiger partial charge in [-0.3, -0.25) is 0 Å². The van der Waals surface area contributed by atoms with E-state index in [0.717, 1.165) is 0 Å². The summed E-state index contributed by atoms with van der Waals surface area (Å²) in [5, 5.41) is 0. The zero-order valence-corrected chi connectivity index (χ0v) is 14.1. The summed E-state index contributed by atoms with van der Waals surface area (Å²) < 4.78 is 0.574. The van der Waals surface area contributed by atoms with E-state index in [9.17, 15) is 0 Å². The third-order valence-corrected chi connectivity index (χ3v) is 4.17. The molecule has 0 aliphatic heterocycles. The first-order chi connectivity index (χ1) is 6.88. The van der Waals surface area contributed by atoms with Crippen molar-refractivity contribution in [1.29, 1.82) is 0 Å². The van der Waals surface area contributed by atoms with Gasteiger partial charge in [0, 0.05) is 0 Å². The van der Waals surface area contributed by atoms with Gasteiger partial charge in [-0.05, 0) is 0 Å². The molecule has 2 rings (SSSR count). The Hall–Kier alpha value is 0.109. The van der Waals surface area contributed by atoms with Crippen LogP contribution < -0.4 is 37.2 Å². The molecule has 0 aromatic heterocycles. The van der Waals surface area contributed by atoms with Gasteiger partial charge in [-0.15, -0.1) is 0 Å². The standard InChI is InChI=1S/C13H11.3ClH.Sn/c1-3-7-12(8-4-1)11-13-9-5-2-6-10-13;;;;/h1-11H;3*1H;/q;;;;+3/p-3. The van der Waals surface area contributed by atoms with Crippen molar-refractivity contribution in [3.63, 3.8) is 0 Å². The molecule has 0 heterocycles. The molecule has 0 atom stereocenters. The first-order valence-corrected chi connectivity index (χ1v) is 6.34. The summed E-state index contributed by atoms with van der Waals surface area (Å²) in [5.41, 5.74) is 2.83. The van der Waals surface area contributed by atoms with Crippen LogP contribution >= 0.6 is 0 Å². The van der Waals surface area contributed by atoms with Crippen LogP contribution in [0.4, 0.5) is 0 Å². The number of hydrogen-bond donors (Lipinski definition) is 0. The molecular weight excluding hydrogens is 381 g/mol. The van der Waals surface area contributed by atoms with Crippen LogP contribution in [0.3, 0.4) is 0 Å². The van der Waals surface area contributed by atoms with E-state index in [2.05, 4.69) is 60.7 Å². The van der Waals surface area contributed by atoms with E-state index in [1.54, 1.807) is 22.5 Å². The predicted octanol–water partition coefficient (Wildman–Crippen LogP) is -6.04. The zero-order chi connectivity index (χ0) is 9.80. The molecule has 2 aromatic carbocycles. The molecule has 0 bridgehead atoms. The molecule has 88 valence electrons. The van der Waals surface area contributed by atoms with Gasteiger partial charge in [-0.25, -0.2) is 0 Å². The van der Waals surface area contributed by atoms with E-state index in [1.165, 1.54) is 11.1 Å². The van der Waals surface area contributed by atoms with Crippen LogP contribution in [0.5, 0.6) is 0 Å². The number of halogens is 3. The Morgan fingerprint density at radius 1 is 0.588 bits per heavy atom. The molecule has 0 N–H and O–H groups in total. The number of rotatable bonds is 2. The van der Waals surface area contributed by atoms with Crippen molar-refractivity contribution >= 4 is 22.5 Å². The van der Waals surface area contributed by atoms with Crippen LogP contribution in [0.1, 0.15) is 15.1 Å². The second kappa shape index (κ2) is 10.1. The van der Waals surface area contributed by atoms with Gasteiger partial charge in [-0.1, -0.05) is 0 Å². The number of benzene rings is 2. The fourth-order valence-corrected chi connectivity index (χ4v) is 2.58. The topological polar surface area (TPSA) is 0 Å². The van der Waals surface area contributed by atoms with Crippen LogP contribution in [0.15, 0.2) is 60.7 Å². The second-order valence-corrected chi connectivity index (χ2v) is 4.90. The van der Waals surface area contributed by atoms with Gasteiger partial charge in [0.25, 0.3) is 0 Å². The molecule has 0 spiro atoms. The average Bonchev–Trinajstić information content (AvgIpc) is 2.30. The summed E-state index contributed by atoms with van der Waals surface area (Å²) in [6, 6.07) is 21.4. The third kappa shape index (κ3) is 5.52. The molecule has 0 saturated carbocycles. The maximum absolute atomic E-state index is 2.20. The Morgan fingerprint density at radius 2 is 0.882 bits per heavy atom. The van der Waals surface area contributed by atoms with E-state index in [4.69, 9.17) is 0 Å². The van der Waals surface area contributed by atoms with Crippen molar-refractivity contribution in [2.75, 3.05) is 0 Å². The first kappa shape index (κ1) is 19.4. The van der Waals surface area contributed by atoms with E-state index >= 15 is 0 Å². The normalized spacial score (nSPS) is 8.65. The van der Waals surface area contributed by atoms with Crippen LogP contribution in [-0.2, 0) is 0 Å². The summed E-state index contributed by atoms with van der Waals surface area (Å²) in [6.07, 6.45) is 0. The SMILES string of the molecule is [Cl-].[Cl-].[Cl-].[Sn+3][CH](c1ccccc1)c1ccccc1. The summed E-state index contributed by atoms with van der Waals surface area (Å²) >= 11 is 1.54. The van der Waals surface area contributed by atoms with E-state index < -0.39 is 0 Å². The molecule has 4 heteroatoms. The molecule has 17 heavy (non-hydrogen) atoms. The van der Waals surface area contributed by atoms with Gasteiger partial charge in [-0.2, -0.15) is 0 Å². The fourth-order valence-electron chi connectivity index (χ4n) is 1.48. The maximum atomic E-state index is 2.20. The minimum absolute atomic E-state index is 0. The van der Waals surface area contributed by atoms with Crippen LogP contribution in [0.25, 0.3) is 0 Å². The van der Waals surface area contributed by atoms with Crippen molar-refractivity contribution in [1.82, 2.24) is 0 Å². The fraction of sp³-hybridized carbons (Fsp3) is 0.0769. The zero-order valence-electron chi connectivity index (χ0n) is 8.98. The summed E-state index contributed by atoms with van der Waals surface area (Å²) in [5.74, 6) is 0. The first-order valence-electron chi connectivity index (χ1n) is 4.69. The van der Waals surface area contributed by atoms with Gasteiger partial charge in [0.05, 0.1) is 0 Å². The average molecular weight is 392 g/mol. The van der Waals surface area contributed by atoms with E-state index in [0.29, 0.717) is 3.93 Å². The quantitative estimate of drug-likeness (QED) is 0.447. The minimum atomic E-state index is 0. The Bertz CT molecular complexity index is 352. The molecule has 0 saturated heterocycles. The molecule has 0 amide bonds. The monoisotopic (exact) mass is 392 g/mol. The Kier molecular flexibility index (Phi) is 11.5. The Balaban J connectivity index is 0. The summed E-state index contributed by atoms with van der Waals surface area (Å²) in [7, 11) is 0. The Labute approximate surface area is 135 Å². The third-order valence-electron chi connectivity index (χ3n) is 2.27. The van der Waals surface area contributed by atoms with Crippen molar-refractivity contribution in [2.45, 2.75) is 3.93 Å². The second-order valence-electron chi connectivity index (χ2n) is 3.25.